The Morgan fingerprint density at radius 3 is 2.00 bits per heavy atom. The lowest BCUT2D eigenvalue weighted by atomic mass is 10.0. The van der Waals surface area contributed by atoms with Crippen LogP contribution in [0.3, 0.4) is 0 Å². The van der Waals surface area contributed by atoms with Crippen molar-refractivity contribution in [2.45, 2.75) is 26.4 Å². The molecular weight excluding hydrogens is 192 g/mol. The molecule has 0 spiro atoms. The van der Waals surface area contributed by atoms with Gasteiger partial charge in [-0.2, -0.15) is 0 Å². The molecule has 0 amide bonds. The highest BCUT2D eigenvalue weighted by Gasteiger charge is 2.13. The molecule has 1 aromatic rings. The summed E-state index contributed by atoms with van der Waals surface area (Å²) >= 11 is 0. The van der Waals surface area contributed by atoms with E-state index in [1.54, 1.807) is 21.1 Å². The summed E-state index contributed by atoms with van der Waals surface area (Å²) in [4.78, 5) is 0. The molecule has 0 unspecified atom stereocenters. The second kappa shape index (κ2) is 5.03. The number of rotatable bonds is 4. The molecule has 1 aromatic carbocycles. The predicted molar refractivity (Wildman–Crippen MR) is 59.7 cm³/mol. The Morgan fingerprint density at radius 1 is 1.20 bits per heavy atom. The van der Waals surface area contributed by atoms with E-state index < -0.39 is 6.10 Å². The number of aliphatic hydroxyl groups excluding tert-OH is 1. The van der Waals surface area contributed by atoms with Crippen LogP contribution in [0, 0.1) is 6.92 Å². The molecule has 0 saturated heterocycles. The Bertz CT molecular complexity index is 307. The van der Waals surface area contributed by atoms with E-state index in [1.807, 2.05) is 19.1 Å². The quantitative estimate of drug-likeness (QED) is 0.825. The lowest BCUT2D eigenvalue weighted by Gasteiger charge is -2.15. The van der Waals surface area contributed by atoms with Crippen LogP contribution in [0.5, 0.6) is 11.5 Å². The van der Waals surface area contributed by atoms with Gasteiger partial charge in [0.1, 0.15) is 11.5 Å². The third-order valence-electron chi connectivity index (χ3n) is 2.25. The molecule has 0 aliphatic carbocycles. The first-order valence-corrected chi connectivity index (χ1v) is 4.98. The zero-order valence-electron chi connectivity index (χ0n) is 9.70. The number of hydrogen-bond donors (Lipinski definition) is 1. The molecule has 3 heteroatoms. The fourth-order valence-corrected chi connectivity index (χ4v) is 1.61. The van der Waals surface area contributed by atoms with Crippen LogP contribution < -0.4 is 9.47 Å². The van der Waals surface area contributed by atoms with Gasteiger partial charge >= 0.3 is 0 Å². The van der Waals surface area contributed by atoms with E-state index in [2.05, 4.69) is 0 Å². The molecule has 0 saturated carbocycles. The molecule has 0 heterocycles. The first-order valence-electron chi connectivity index (χ1n) is 4.98. The molecule has 1 rings (SSSR count). The van der Waals surface area contributed by atoms with E-state index in [0.29, 0.717) is 6.42 Å². The van der Waals surface area contributed by atoms with Gasteiger partial charge < -0.3 is 14.6 Å². The number of hydrogen-bond acceptors (Lipinski definition) is 3. The molecule has 3 nitrogen and oxygen atoms in total. The maximum atomic E-state index is 9.40. The maximum Gasteiger partial charge on any atom is 0.126 e. The van der Waals surface area contributed by atoms with E-state index >= 15 is 0 Å². The number of aryl methyl sites for hydroxylation is 1. The molecule has 1 N–H and O–H groups in total. The largest absolute Gasteiger partial charge is 0.496 e. The van der Waals surface area contributed by atoms with Crippen LogP contribution >= 0.6 is 0 Å². The number of methoxy groups -OCH3 is 2. The topological polar surface area (TPSA) is 38.7 Å². The van der Waals surface area contributed by atoms with Crippen LogP contribution in [0.1, 0.15) is 18.1 Å². The van der Waals surface area contributed by atoms with Crippen molar-refractivity contribution in [1.29, 1.82) is 0 Å². The van der Waals surface area contributed by atoms with Gasteiger partial charge in [-0.05, 0) is 31.5 Å². The van der Waals surface area contributed by atoms with Crippen molar-refractivity contribution in [3.05, 3.63) is 23.3 Å². The molecule has 0 aromatic heterocycles. The summed E-state index contributed by atoms with van der Waals surface area (Å²) in [5.74, 6) is 1.54. The lowest BCUT2D eigenvalue weighted by Crippen LogP contribution is -2.07. The van der Waals surface area contributed by atoms with Crippen LogP contribution in [0.15, 0.2) is 12.1 Å². The zero-order chi connectivity index (χ0) is 11.4. The van der Waals surface area contributed by atoms with Crippen LogP contribution in [0.25, 0.3) is 0 Å². The van der Waals surface area contributed by atoms with Gasteiger partial charge in [-0.3, -0.25) is 0 Å². The van der Waals surface area contributed by atoms with Crippen molar-refractivity contribution in [2.75, 3.05) is 14.2 Å². The average Bonchev–Trinajstić information content (AvgIpc) is 2.19. The molecule has 1 atom stereocenters. The van der Waals surface area contributed by atoms with Crippen molar-refractivity contribution in [3.8, 4) is 11.5 Å². The molecule has 0 aliphatic heterocycles. The minimum absolute atomic E-state index is 0.407. The van der Waals surface area contributed by atoms with E-state index in [1.165, 1.54) is 0 Å². The van der Waals surface area contributed by atoms with Gasteiger partial charge in [0, 0.05) is 12.0 Å². The Hall–Kier alpha value is -1.22. The molecular formula is C12H18O3. The molecule has 0 radical (unpaired) electrons. The summed E-state index contributed by atoms with van der Waals surface area (Å²) in [6.07, 6.45) is 0.127. The molecule has 15 heavy (non-hydrogen) atoms. The van der Waals surface area contributed by atoms with Crippen LogP contribution in [-0.4, -0.2) is 25.4 Å². The Balaban J connectivity index is 3.18. The average molecular weight is 210 g/mol. The van der Waals surface area contributed by atoms with E-state index in [9.17, 15) is 5.11 Å². The predicted octanol–water partition coefficient (Wildman–Crippen LogP) is 1.94. The van der Waals surface area contributed by atoms with Gasteiger partial charge in [-0.15, -0.1) is 0 Å². The van der Waals surface area contributed by atoms with E-state index in [0.717, 1.165) is 22.6 Å². The van der Waals surface area contributed by atoms with Gasteiger partial charge in [0.2, 0.25) is 0 Å². The van der Waals surface area contributed by atoms with Gasteiger partial charge in [0.15, 0.2) is 0 Å². The number of ether oxygens (including phenoxy) is 2. The molecule has 84 valence electrons. The van der Waals surface area contributed by atoms with Gasteiger partial charge in [0.05, 0.1) is 20.3 Å². The summed E-state index contributed by atoms with van der Waals surface area (Å²) in [5.41, 5.74) is 2.00. The van der Waals surface area contributed by atoms with Crippen molar-refractivity contribution >= 4 is 0 Å². The van der Waals surface area contributed by atoms with Crippen LogP contribution in [0.4, 0.5) is 0 Å². The highest BCUT2D eigenvalue weighted by Crippen LogP contribution is 2.31. The number of benzene rings is 1. The monoisotopic (exact) mass is 210 g/mol. The Morgan fingerprint density at radius 2 is 1.67 bits per heavy atom. The SMILES string of the molecule is COc1cc(C)cc(OC)c1C[C@@H](C)O. The van der Waals surface area contributed by atoms with Crippen molar-refractivity contribution in [3.63, 3.8) is 0 Å². The zero-order valence-corrected chi connectivity index (χ0v) is 9.70. The fraction of sp³-hybridized carbons (Fsp3) is 0.500. The summed E-state index contributed by atoms with van der Waals surface area (Å²) in [6.45, 7) is 3.73. The van der Waals surface area contributed by atoms with E-state index in [4.69, 9.17) is 9.47 Å². The molecule has 0 bridgehead atoms. The van der Waals surface area contributed by atoms with Crippen molar-refractivity contribution < 1.29 is 14.6 Å². The third kappa shape index (κ3) is 2.86. The summed E-state index contributed by atoms with van der Waals surface area (Å²) in [5, 5.41) is 9.40. The number of aliphatic hydroxyl groups is 1. The highest BCUT2D eigenvalue weighted by molar-refractivity contribution is 5.48. The van der Waals surface area contributed by atoms with Gasteiger partial charge in [0.25, 0.3) is 0 Å². The summed E-state index contributed by atoms with van der Waals surface area (Å²) < 4.78 is 10.6. The highest BCUT2D eigenvalue weighted by atomic mass is 16.5. The summed E-state index contributed by atoms with van der Waals surface area (Å²) in [7, 11) is 3.25. The minimum atomic E-state index is -0.407. The fourth-order valence-electron chi connectivity index (χ4n) is 1.61. The van der Waals surface area contributed by atoms with Crippen molar-refractivity contribution in [2.24, 2.45) is 0 Å². The molecule has 0 fully saturated rings. The Kier molecular flexibility index (Phi) is 3.97. The smallest absolute Gasteiger partial charge is 0.126 e. The molecule has 0 aliphatic rings. The standard InChI is InChI=1S/C12H18O3/c1-8-5-11(14-3)10(7-9(2)13)12(6-8)15-4/h5-6,9,13H,7H2,1-4H3/t9-/m1/s1. The summed E-state index contributed by atoms with van der Waals surface area (Å²) in [6, 6.07) is 3.89. The van der Waals surface area contributed by atoms with Gasteiger partial charge in [-0.25, -0.2) is 0 Å². The van der Waals surface area contributed by atoms with Gasteiger partial charge in [-0.1, -0.05) is 0 Å². The van der Waals surface area contributed by atoms with E-state index in [-0.39, 0.29) is 0 Å². The minimum Gasteiger partial charge on any atom is -0.496 e. The normalized spacial score (nSPS) is 12.3. The third-order valence-corrected chi connectivity index (χ3v) is 2.25. The van der Waals surface area contributed by atoms with Crippen molar-refractivity contribution in [1.82, 2.24) is 0 Å². The Labute approximate surface area is 90.6 Å². The maximum absolute atomic E-state index is 9.40. The second-order valence-electron chi connectivity index (χ2n) is 3.70. The van der Waals surface area contributed by atoms with Crippen LogP contribution in [0.2, 0.25) is 0 Å². The second-order valence-corrected chi connectivity index (χ2v) is 3.70. The first kappa shape index (κ1) is 11.9. The lowest BCUT2D eigenvalue weighted by molar-refractivity contribution is 0.192. The van der Waals surface area contributed by atoms with Crippen LogP contribution in [-0.2, 0) is 6.42 Å². The first-order chi connectivity index (χ1) is 7.08.